The number of ether oxygens (including phenoxy) is 2. The van der Waals surface area contributed by atoms with Gasteiger partial charge in [0, 0.05) is 23.2 Å². The Morgan fingerprint density at radius 3 is 2.33 bits per heavy atom. The highest BCUT2D eigenvalue weighted by Gasteiger charge is 2.27. The zero-order valence-corrected chi connectivity index (χ0v) is 24.6. The molecule has 0 bridgehead atoms. The van der Waals surface area contributed by atoms with Crippen LogP contribution >= 0.6 is 15.9 Å². The summed E-state index contributed by atoms with van der Waals surface area (Å²) in [5.41, 5.74) is 1.37. The van der Waals surface area contributed by atoms with Gasteiger partial charge >= 0.3 is 0 Å². The van der Waals surface area contributed by atoms with E-state index in [2.05, 4.69) is 35.9 Å². The highest BCUT2D eigenvalue weighted by Crippen LogP contribution is 2.32. The fourth-order valence-electron chi connectivity index (χ4n) is 4.11. The van der Waals surface area contributed by atoms with E-state index in [1.807, 2.05) is 0 Å². The van der Waals surface area contributed by atoms with Crippen molar-refractivity contribution in [2.75, 3.05) is 42.9 Å². The summed E-state index contributed by atoms with van der Waals surface area (Å²) in [6.07, 6.45) is 0. The first-order chi connectivity index (χ1) is 19.2. The molecule has 1 saturated heterocycles. The van der Waals surface area contributed by atoms with E-state index in [-0.39, 0.29) is 46.9 Å². The van der Waals surface area contributed by atoms with Gasteiger partial charge in [-0.1, -0.05) is 34.1 Å². The highest BCUT2D eigenvalue weighted by molar-refractivity contribution is 9.10. The third-order valence-electron chi connectivity index (χ3n) is 6.00. The molecular formula is C26H26BrN5O6S2. The number of anilines is 3. The number of halogens is 1. The second-order valence-electron chi connectivity index (χ2n) is 8.71. The van der Waals surface area contributed by atoms with Crippen LogP contribution in [0.2, 0.25) is 0 Å². The van der Waals surface area contributed by atoms with Crippen LogP contribution in [0, 0.1) is 0 Å². The van der Waals surface area contributed by atoms with Gasteiger partial charge in [-0.25, -0.2) is 26.8 Å². The number of para-hydroxylation sites is 2. The summed E-state index contributed by atoms with van der Waals surface area (Å²) in [7, 11) is -7.93. The molecule has 3 aromatic carbocycles. The zero-order valence-electron chi connectivity index (χ0n) is 21.4. The van der Waals surface area contributed by atoms with Crippen molar-refractivity contribution in [3.05, 3.63) is 71.2 Å². The minimum atomic E-state index is -4.18. The van der Waals surface area contributed by atoms with Crippen LogP contribution in [-0.2, 0) is 24.8 Å². The van der Waals surface area contributed by atoms with E-state index < -0.39 is 20.0 Å². The summed E-state index contributed by atoms with van der Waals surface area (Å²) >= 11 is 3.32. The van der Waals surface area contributed by atoms with Crippen LogP contribution in [-0.4, -0.2) is 64.0 Å². The Kier molecular flexibility index (Phi) is 8.24. The average molecular weight is 649 g/mol. The van der Waals surface area contributed by atoms with Gasteiger partial charge in [0.05, 0.1) is 35.7 Å². The molecular weight excluding hydrogens is 622 g/mol. The first kappa shape index (κ1) is 28.2. The number of fused-ring (bicyclic) bond motifs is 1. The fraction of sp³-hybridized carbons (Fsp3) is 0.231. The Morgan fingerprint density at radius 2 is 1.62 bits per heavy atom. The molecule has 1 aromatic heterocycles. The van der Waals surface area contributed by atoms with Crippen LogP contribution in [0.1, 0.15) is 6.92 Å². The van der Waals surface area contributed by atoms with Crippen molar-refractivity contribution in [2.24, 2.45) is 0 Å². The first-order valence-electron chi connectivity index (χ1n) is 12.3. The van der Waals surface area contributed by atoms with Crippen LogP contribution in [0.25, 0.3) is 11.0 Å². The number of sulfonamides is 2. The summed E-state index contributed by atoms with van der Waals surface area (Å²) in [6, 6.07) is 17.9. The standard InChI is InChI=1S/C26H26BrN5O6S2/c1-2-38-23-11-10-18(27)16-24(23)39(33,34)31-26-25(29-21-8-3-4-9-22(21)30-26)28-19-6-5-7-20(17-19)40(35,36)32-12-14-37-15-13-32/h3-11,16-17H,2,12-15H2,1H3,(H,28,29)(H,30,31). The van der Waals surface area contributed by atoms with Crippen LogP contribution in [0.5, 0.6) is 5.75 Å². The molecule has 0 unspecified atom stereocenters. The molecule has 0 aliphatic carbocycles. The van der Waals surface area contributed by atoms with Crippen molar-refractivity contribution in [1.29, 1.82) is 0 Å². The van der Waals surface area contributed by atoms with Gasteiger partial charge in [-0.05, 0) is 55.5 Å². The number of hydrogen-bond donors (Lipinski definition) is 2. The summed E-state index contributed by atoms with van der Waals surface area (Å²) in [6.45, 7) is 3.22. The largest absolute Gasteiger partial charge is 0.492 e. The lowest BCUT2D eigenvalue weighted by Crippen LogP contribution is -2.40. The van der Waals surface area contributed by atoms with E-state index in [1.165, 1.54) is 22.5 Å². The number of aromatic nitrogens is 2. The van der Waals surface area contributed by atoms with E-state index in [0.717, 1.165) is 0 Å². The fourth-order valence-corrected chi connectivity index (χ4v) is 7.26. The van der Waals surface area contributed by atoms with Crippen molar-refractivity contribution >= 4 is 64.3 Å². The molecule has 14 heteroatoms. The number of nitrogens with one attached hydrogen (secondary N) is 2. The normalized spacial score (nSPS) is 14.7. The van der Waals surface area contributed by atoms with E-state index in [9.17, 15) is 16.8 Å². The monoisotopic (exact) mass is 647 g/mol. The summed E-state index contributed by atoms with van der Waals surface area (Å²) in [4.78, 5) is 9.11. The molecule has 0 atom stereocenters. The van der Waals surface area contributed by atoms with Gasteiger partial charge in [-0.15, -0.1) is 0 Å². The van der Waals surface area contributed by atoms with Crippen molar-refractivity contribution in [1.82, 2.24) is 14.3 Å². The maximum absolute atomic E-state index is 13.5. The number of nitrogens with zero attached hydrogens (tertiary/aromatic N) is 3. The molecule has 0 saturated carbocycles. The maximum Gasteiger partial charge on any atom is 0.266 e. The topological polar surface area (TPSA) is 140 Å². The quantitative estimate of drug-likeness (QED) is 0.271. The van der Waals surface area contributed by atoms with Crippen LogP contribution in [0.3, 0.4) is 0 Å². The number of rotatable bonds is 9. The third kappa shape index (κ3) is 6.05. The lowest BCUT2D eigenvalue weighted by molar-refractivity contribution is 0.0730. The Balaban J connectivity index is 1.53. The molecule has 0 spiro atoms. The van der Waals surface area contributed by atoms with Gasteiger partial charge in [-0.3, -0.25) is 4.72 Å². The lowest BCUT2D eigenvalue weighted by atomic mass is 10.3. The predicted molar refractivity (Wildman–Crippen MR) is 155 cm³/mol. The van der Waals surface area contributed by atoms with Crippen molar-refractivity contribution < 1.29 is 26.3 Å². The smallest absolute Gasteiger partial charge is 0.266 e. The summed E-state index contributed by atoms with van der Waals surface area (Å²) in [5.74, 6) is 0.209. The molecule has 1 aliphatic rings. The number of benzene rings is 3. The second kappa shape index (κ2) is 11.7. The van der Waals surface area contributed by atoms with E-state index in [0.29, 0.717) is 34.4 Å². The Morgan fingerprint density at radius 1 is 0.925 bits per heavy atom. The molecule has 11 nitrogen and oxygen atoms in total. The van der Waals surface area contributed by atoms with Crippen molar-refractivity contribution in [2.45, 2.75) is 16.7 Å². The number of morpholine rings is 1. The van der Waals surface area contributed by atoms with Gasteiger partial charge in [0.2, 0.25) is 10.0 Å². The van der Waals surface area contributed by atoms with Crippen LogP contribution in [0.15, 0.2) is 81.0 Å². The predicted octanol–water partition coefficient (Wildman–Crippen LogP) is 4.36. The SMILES string of the molecule is CCOc1ccc(Br)cc1S(=O)(=O)Nc1nc2ccccc2nc1Nc1cccc(S(=O)(=O)N2CCOCC2)c1. The minimum Gasteiger partial charge on any atom is -0.492 e. The molecule has 1 aliphatic heterocycles. The van der Waals surface area contributed by atoms with Gasteiger partial charge in [0.1, 0.15) is 10.6 Å². The van der Waals surface area contributed by atoms with Crippen molar-refractivity contribution in [3.8, 4) is 5.75 Å². The van der Waals surface area contributed by atoms with Gasteiger partial charge in [-0.2, -0.15) is 4.31 Å². The van der Waals surface area contributed by atoms with Crippen LogP contribution in [0.4, 0.5) is 17.3 Å². The second-order valence-corrected chi connectivity index (χ2v) is 13.2. The molecule has 2 N–H and O–H groups in total. The number of hydrogen-bond acceptors (Lipinski definition) is 9. The molecule has 5 rings (SSSR count). The molecule has 0 amide bonds. The Hall–Kier alpha value is -3.30. The summed E-state index contributed by atoms with van der Waals surface area (Å²) < 4.78 is 68.8. The van der Waals surface area contributed by atoms with Gasteiger partial charge in [0.25, 0.3) is 10.0 Å². The third-order valence-corrected chi connectivity index (χ3v) is 9.75. The molecule has 2 heterocycles. The minimum absolute atomic E-state index is 0.0671. The molecule has 40 heavy (non-hydrogen) atoms. The van der Waals surface area contributed by atoms with Crippen molar-refractivity contribution in [3.63, 3.8) is 0 Å². The summed E-state index contributed by atoms with van der Waals surface area (Å²) in [5, 5.41) is 3.06. The van der Waals surface area contributed by atoms with Gasteiger partial charge < -0.3 is 14.8 Å². The zero-order chi connectivity index (χ0) is 28.3. The Bertz CT molecular complexity index is 1760. The van der Waals surface area contributed by atoms with Gasteiger partial charge in [0.15, 0.2) is 11.6 Å². The van der Waals surface area contributed by atoms with E-state index >= 15 is 0 Å². The first-order valence-corrected chi connectivity index (χ1v) is 16.1. The molecule has 0 radical (unpaired) electrons. The lowest BCUT2D eigenvalue weighted by Gasteiger charge is -2.26. The molecule has 210 valence electrons. The highest BCUT2D eigenvalue weighted by atomic mass is 79.9. The average Bonchev–Trinajstić information content (AvgIpc) is 2.95. The van der Waals surface area contributed by atoms with Crippen LogP contribution < -0.4 is 14.8 Å². The molecule has 4 aromatic rings. The Labute approximate surface area is 240 Å². The maximum atomic E-state index is 13.5. The molecule has 1 fully saturated rings. The van der Waals surface area contributed by atoms with E-state index in [4.69, 9.17) is 9.47 Å². The van der Waals surface area contributed by atoms with E-state index in [1.54, 1.807) is 55.5 Å².